The Kier molecular flexibility index (Phi) is 11.4. The average Bonchev–Trinajstić information content (AvgIpc) is 3.86. The summed E-state index contributed by atoms with van der Waals surface area (Å²) in [6.07, 6.45) is 10.0. The first-order chi connectivity index (χ1) is 29.0. The first kappa shape index (κ1) is 40.3. The Balaban J connectivity index is 0.791. The van der Waals surface area contributed by atoms with Crippen LogP contribution in [0.3, 0.4) is 0 Å². The summed E-state index contributed by atoms with van der Waals surface area (Å²) in [5.41, 5.74) is 2.91. The third-order valence-electron chi connectivity index (χ3n) is 12.1. The molecule has 312 valence electrons. The summed E-state index contributed by atoms with van der Waals surface area (Å²) in [5.74, 6) is -1.46. The molecule has 1 atom stereocenters. The van der Waals surface area contributed by atoms with E-state index in [1.807, 2.05) is 17.0 Å². The number of hydrogen-bond acceptors (Lipinski definition) is 13. The number of piperazine rings is 1. The minimum atomic E-state index is -1.02. The number of Topliss-reactive ketones (excluding diaryl/α,β-unsaturated/α-hetero) is 1. The molecule has 0 spiro atoms. The number of aryl methyl sites for hydroxylation is 1. The Hall–Kier alpha value is -6.52. The summed E-state index contributed by atoms with van der Waals surface area (Å²) < 4.78 is 1.69. The predicted octanol–water partition coefficient (Wildman–Crippen LogP) is 4.28. The standard InChI is InChI=1S/C43H48N10O7/c1-25-30-24-46-43(49-38(30)52(27-9-5-6-10-27)41(59)36(25)26(2)54)47-33-16-14-28(23-45-33)50-19-21-51(22-20-50)35(56)13-4-3-7-18-44-31-12-8-11-29-37(31)42(60)53(40(29)58)32-15-17-34(55)48-39(32)57/h8,11-12,14,16,23-24,27,32,44H,3-7,9-10,13,15,17-22H2,1-2H3,(H,48,55,57)(H,45,46,47,49). The van der Waals surface area contributed by atoms with Crippen LogP contribution in [0.4, 0.5) is 23.1 Å². The van der Waals surface area contributed by atoms with Crippen molar-refractivity contribution in [2.24, 2.45) is 0 Å². The lowest BCUT2D eigenvalue weighted by Crippen LogP contribution is -2.54. The van der Waals surface area contributed by atoms with Gasteiger partial charge in [-0.3, -0.25) is 48.3 Å². The third-order valence-corrected chi connectivity index (χ3v) is 12.1. The molecule has 5 amide bonds. The van der Waals surface area contributed by atoms with Crippen LogP contribution >= 0.6 is 0 Å². The molecule has 17 nitrogen and oxygen atoms in total. The van der Waals surface area contributed by atoms with Crippen molar-refractivity contribution in [1.29, 1.82) is 0 Å². The molecule has 0 radical (unpaired) electrons. The second-order valence-electron chi connectivity index (χ2n) is 15.9. The molecule has 3 aliphatic heterocycles. The molecule has 3 N–H and O–H groups in total. The van der Waals surface area contributed by atoms with Crippen LogP contribution in [0, 0.1) is 6.92 Å². The predicted molar refractivity (Wildman–Crippen MR) is 222 cm³/mol. The number of unbranched alkanes of at least 4 members (excludes halogenated alkanes) is 2. The number of benzene rings is 1. The van der Waals surface area contributed by atoms with Gasteiger partial charge in [-0.2, -0.15) is 4.98 Å². The number of fused-ring (bicyclic) bond motifs is 2. The van der Waals surface area contributed by atoms with E-state index in [2.05, 4.69) is 30.8 Å². The maximum absolute atomic E-state index is 13.6. The Bertz CT molecular complexity index is 2450. The molecule has 0 bridgehead atoms. The van der Waals surface area contributed by atoms with E-state index in [1.54, 1.807) is 42.1 Å². The van der Waals surface area contributed by atoms with Gasteiger partial charge in [-0.25, -0.2) is 9.97 Å². The Morgan fingerprint density at radius 3 is 2.38 bits per heavy atom. The lowest BCUT2D eigenvalue weighted by atomic mass is 10.0. The van der Waals surface area contributed by atoms with E-state index in [4.69, 9.17) is 4.98 Å². The summed E-state index contributed by atoms with van der Waals surface area (Å²) in [6.45, 7) is 6.26. The molecule has 4 aliphatic rings. The van der Waals surface area contributed by atoms with E-state index >= 15 is 0 Å². The number of imide groups is 2. The van der Waals surface area contributed by atoms with Crippen molar-refractivity contribution < 1.29 is 28.8 Å². The van der Waals surface area contributed by atoms with Crippen molar-refractivity contribution in [3.05, 3.63) is 75.3 Å². The van der Waals surface area contributed by atoms with E-state index in [0.29, 0.717) is 79.6 Å². The largest absolute Gasteiger partial charge is 0.384 e. The first-order valence-electron chi connectivity index (χ1n) is 20.8. The lowest BCUT2D eigenvalue weighted by molar-refractivity contribution is -0.136. The number of ketones is 1. The van der Waals surface area contributed by atoms with Crippen LogP contribution in [0.5, 0.6) is 0 Å². The molecule has 6 heterocycles. The number of nitrogens with zero attached hydrogens (tertiary/aromatic N) is 7. The van der Waals surface area contributed by atoms with Gasteiger partial charge >= 0.3 is 0 Å². The quantitative estimate of drug-likeness (QED) is 0.0980. The van der Waals surface area contributed by atoms with Crippen LogP contribution < -0.4 is 26.4 Å². The number of carbonyl (C=O) groups is 6. The number of pyridine rings is 2. The fourth-order valence-electron chi connectivity index (χ4n) is 8.91. The van der Waals surface area contributed by atoms with Crippen molar-refractivity contribution in [1.82, 2.24) is 34.6 Å². The molecule has 3 fully saturated rings. The van der Waals surface area contributed by atoms with Crippen molar-refractivity contribution in [3.63, 3.8) is 0 Å². The zero-order valence-electron chi connectivity index (χ0n) is 33.8. The average molecular weight is 817 g/mol. The van der Waals surface area contributed by atoms with Crippen LogP contribution in [-0.4, -0.2) is 103 Å². The van der Waals surface area contributed by atoms with Gasteiger partial charge in [0.1, 0.15) is 17.5 Å². The SMILES string of the molecule is CC(=O)c1c(C)c2cnc(Nc3ccc(N4CCN(C(=O)CCCCCNc5cccc6c5C(=O)N(C5CCC(=O)NC5=O)C6=O)CC4)cn3)nc2n(C2CCCC2)c1=O. The molecular formula is C43H48N10O7. The van der Waals surface area contributed by atoms with Gasteiger partial charge in [0.15, 0.2) is 5.78 Å². The summed E-state index contributed by atoms with van der Waals surface area (Å²) in [7, 11) is 0. The summed E-state index contributed by atoms with van der Waals surface area (Å²) >= 11 is 0. The number of amides is 5. The smallest absolute Gasteiger partial charge is 0.264 e. The van der Waals surface area contributed by atoms with Crippen LogP contribution in [0.1, 0.15) is 114 Å². The van der Waals surface area contributed by atoms with Gasteiger partial charge < -0.3 is 20.4 Å². The zero-order valence-corrected chi connectivity index (χ0v) is 33.8. The van der Waals surface area contributed by atoms with Gasteiger partial charge in [-0.05, 0) is 75.8 Å². The number of rotatable bonds is 13. The van der Waals surface area contributed by atoms with Crippen molar-refractivity contribution in [2.45, 2.75) is 90.1 Å². The fraction of sp³-hybridized carbons (Fsp3) is 0.442. The molecule has 17 heteroatoms. The number of hydrogen-bond donors (Lipinski definition) is 3. The number of anilines is 4. The lowest BCUT2D eigenvalue weighted by Gasteiger charge is -2.36. The highest BCUT2D eigenvalue weighted by molar-refractivity contribution is 6.25. The molecular weight excluding hydrogens is 769 g/mol. The van der Waals surface area contributed by atoms with Crippen LogP contribution in [0.2, 0.25) is 0 Å². The maximum atomic E-state index is 13.6. The van der Waals surface area contributed by atoms with E-state index in [1.165, 1.54) is 6.92 Å². The minimum Gasteiger partial charge on any atom is -0.384 e. The number of carbonyl (C=O) groups excluding carboxylic acids is 6. The van der Waals surface area contributed by atoms with Gasteiger partial charge in [-0.15, -0.1) is 0 Å². The molecule has 4 aromatic rings. The Labute approximate surface area is 345 Å². The number of aromatic nitrogens is 4. The molecule has 60 heavy (non-hydrogen) atoms. The Morgan fingerprint density at radius 1 is 0.883 bits per heavy atom. The third kappa shape index (κ3) is 7.82. The summed E-state index contributed by atoms with van der Waals surface area (Å²) in [4.78, 5) is 108. The molecule has 3 aromatic heterocycles. The van der Waals surface area contributed by atoms with Crippen molar-refractivity contribution in [3.8, 4) is 0 Å². The fourth-order valence-corrected chi connectivity index (χ4v) is 8.91. The topological polar surface area (TPSA) is 209 Å². The van der Waals surface area contributed by atoms with Crippen LogP contribution in [0.25, 0.3) is 11.0 Å². The van der Waals surface area contributed by atoms with Gasteiger partial charge in [0, 0.05) is 68.9 Å². The van der Waals surface area contributed by atoms with Gasteiger partial charge in [0.25, 0.3) is 17.4 Å². The molecule has 1 unspecified atom stereocenters. The second kappa shape index (κ2) is 17.0. The van der Waals surface area contributed by atoms with E-state index in [9.17, 15) is 33.6 Å². The van der Waals surface area contributed by atoms with Crippen LogP contribution in [-0.2, 0) is 14.4 Å². The highest BCUT2D eigenvalue weighted by Crippen LogP contribution is 2.34. The second-order valence-corrected chi connectivity index (χ2v) is 15.9. The highest BCUT2D eigenvalue weighted by Gasteiger charge is 2.45. The first-order valence-corrected chi connectivity index (χ1v) is 20.8. The Morgan fingerprint density at radius 2 is 1.67 bits per heavy atom. The van der Waals surface area contributed by atoms with Gasteiger partial charge in [0.05, 0.1) is 28.6 Å². The molecule has 1 saturated carbocycles. The van der Waals surface area contributed by atoms with Gasteiger partial charge in [0.2, 0.25) is 23.7 Å². The van der Waals surface area contributed by atoms with Gasteiger partial charge in [-0.1, -0.05) is 25.3 Å². The molecule has 1 aliphatic carbocycles. The minimum absolute atomic E-state index is 0.0140. The molecule has 1 aromatic carbocycles. The van der Waals surface area contributed by atoms with Crippen molar-refractivity contribution in [2.75, 3.05) is 48.3 Å². The zero-order chi connectivity index (χ0) is 42.1. The van der Waals surface area contributed by atoms with E-state index in [0.717, 1.165) is 49.1 Å². The molecule has 8 rings (SSSR count). The van der Waals surface area contributed by atoms with Crippen molar-refractivity contribution >= 4 is 69.5 Å². The monoisotopic (exact) mass is 816 g/mol. The summed E-state index contributed by atoms with van der Waals surface area (Å²) in [5, 5.41) is 9.33. The van der Waals surface area contributed by atoms with Crippen LogP contribution in [0.15, 0.2) is 47.5 Å². The number of piperidine rings is 1. The normalized spacial score (nSPS) is 18.3. The molecule has 2 saturated heterocycles. The maximum Gasteiger partial charge on any atom is 0.264 e. The highest BCUT2D eigenvalue weighted by atomic mass is 16.2. The van der Waals surface area contributed by atoms with E-state index in [-0.39, 0.29) is 52.8 Å². The number of nitrogens with one attached hydrogen (secondary N) is 3. The van der Waals surface area contributed by atoms with E-state index < -0.39 is 29.7 Å². The summed E-state index contributed by atoms with van der Waals surface area (Å²) in [6, 6.07) is 7.77.